The van der Waals surface area contributed by atoms with Gasteiger partial charge in [0.2, 0.25) is 0 Å². The Kier molecular flexibility index (Phi) is 4.22. The van der Waals surface area contributed by atoms with Crippen LogP contribution in [0.3, 0.4) is 0 Å². The zero-order valence-electron chi connectivity index (χ0n) is 11.4. The van der Waals surface area contributed by atoms with Crippen LogP contribution in [-0.2, 0) is 16.1 Å². The van der Waals surface area contributed by atoms with E-state index >= 15 is 0 Å². The highest BCUT2D eigenvalue weighted by atomic mass is 16.7. The van der Waals surface area contributed by atoms with E-state index in [1.807, 2.05) is 0 Å². The van der Waals surface area contributed by atoms with Crippen molar-refractivity contribution >= 4 is 5.69 Å². The molecule has 0 spiro atoms. The van der Waals surface area contributed by atoms with Gasteiger partial charge in [-0.3, -0.25) is 10.1 Å². The maximum atomic E-state index is 10.7. The Balaban J connectivity index is 2.04. The Bertz CT molecular complexity index is 502. The fraction of sp³-hybridized carbons (Fsp3) is 0.538. The van der Waals surface area contributed by atoms with E-state index in [1.54, 1.807) is 13.8 Å². The molecule has 0 bridgehead atoms. The summed E-state index contributed by atoms with van der Waals surface area (Å²) in [5, 5.41) is 20.0. The van der Waals surface area contributed by atoms with Crippen molar-refractivity contribution in [3.05, 3.63) is 33.9 Å². The van der Waals surface area contributed by atoms with Crippen molar-refractivity contribution in [1.82, 2.24) is 0 Å². The Morgan fingerprint density at radius 2 is 2.30 bits per heavy atom. The monoisotopic (exact) mass is 283 g/mol. The number of benzene rings is 1. The lowest BCUT2D eigenvalue weighted by molar-refractivity contribution is -0.385. The van der Waals surface area contributed by atoms with Crippen LogP contribution in [0.15, 0.2) is 18.2 Å². The topological polar surface area (TPSA) is 91.1 Å². The second-order valence-corrected chi connectivity index (χ2v) is 4.97. The van der Waals surface area contributed by atoms with E-state index in [0.29, 0.717) is 12.2 Å². The number of ether oxygens (including phenoxy) is 3. The molecule has 0 saturated carbocycles. The number of hydrogen-bond donors (Lipinski definition) is 1. The Morgan fingerprint density at radius 3 is 2.85 bits per heavy atom. The molecule has 1 heterocycles. The Labute approximate surface area is 116 Å². The number of aliphatic hydroxyl groups excluding tert-OH is 1. The standard InChI is InChI=1S/C13H17NO6/c1-13(2)19-8-11(20-13)7-18-12-5-10(14(16)17)4-3-9(12)6-15/h3-5,11,15H,6-8H2,1-2H3. The zero-order valence-corrected chi connectivity index (χ0v) is 11.4. The van der Waals surface area contributed by atoms with Gasteiger partial charge in [-0.2, -0.15) is 0 Å². The molecule has 1 saturated heterocycles. The van der Waals surface area contributed by atoms with Crippen molar-refractivity contribution in [3.8, 4) is 5.75 Å². The molecule has 20 heavy (non-hydrogen) atoms. The summed E-state index contributed by atoms with van der Waals surface area (Å²) in [6.45, 7) is 3.97. The van der Waals surface area contributed by atoms with Gasteiger partial charge in [-0.05, 0) is 19.9 Å². The molecule has 7 heteroatoms. The summed E-state index contributed by atoms with van der Waals surface area (Å²) < 4.78 is 16.5. The largest absolute Gasteiger partial charge is 0.490 e. The predicted octanol–water partition coefficient (Wildman–Crippen LogP) is 1.62. The van der Waals surface area contributed by atoms with Crippen LogP contribution in [0.25, 0.3) is 0 Å². The first-order chi connectivity index (χ1) is 9.41. The third-order valence-electron chi connectivity index (χ3n) is 2.92. The second-order valence-electron chi connectivity index (χ2n) is 4.97. The summed E-state index contributed by atoms with van der Waals surface area (Å²) in [4.78, 5) is 10.2. The predicted molar refractivity (Wildman–Crippen MR) is 69.4 cm³/mol. The number of nitro groups is 1. The minimum absolute atomic E-state index is 0.0823. The van der Waals surface area contributed by atoms with Crippen molar-refractivity contribution in [2.45, 2.75) is 32.3 Å². The zero-order chi connectivity index (χ0) is 14.8. The fourth-order valence-corrected chi connectivity index (χ4v) is 1.95. The highest BCUT2D eigenvalue weighted by molar-refractivity contribution is 5.44. The lowest BCUT2D eigenvalue weighted by atomic mass is 10.2. The van der Waals surface area contributed by atoms with Crippen molar-refractivity contribution in [2.24, 2.45) is 0 Å². The minimum Gasteiger partial charge on any atom is -0.490 e. The van der Waals surface area contributed by atoms with E-state index in [2.05, 4.69) is 0 Å². The van der Waals surface area contributed by atoms with Gasteiger partial charge in [0, 0.05) is 11.6 Å². The third-order valence-corrected chi connectivity index (χ3v) is 2.92. The van der Waals surface area contributed by atoms with Gasteiger partial charge in [-0.1, -0.05) is 0 Å². The van der Waals surface area contributed by atoms with E-state index in [4.69, 9.17) is 14.2 Å². The molecule has 1 fully saturated rings. The van der Waals surface area contributed by atoms with Crippen LogP contribution < -0.4 is 4.74 Å². The number of nitrogens with zero attached hydrogens (tertiary/aromatic N) is 1. The van der Waals surface area contributed by atoms with Gasteiger partial charge in [0.25, 0.3) is 5.69 Å². The summed E-state index contributed by atoms with van der Waals surface area (Å²) in [5.41, 5.74) is 0.412. The van der Waals surface area contributed by atoms with Crippen LogP contribution in [0.1, 0.15) is 19.4 Å². The van der Waals surface area contributed by atoms with Crippen molar-refractivity contribution in [1.29, 1.82) is 0 Å². The summed E-state index contributed by atoms with van der Waals surface area (Å²) in [6, 6.07) is 4.10. The normalized spacial score (nSPS) is 20.9. The van der Waals surface area contributed by atoms with Crippen LogP contribution in [0, 0.1) is 10.1 Å². The van der Waals surface area contributed by atoms with Gasteiger partial charge in [-0.15, -0.1) is 0 Å². The van der Waals surface area contributed by atoms with Gasteiger partial charge in [0.15, 0.2) is 5.79 Å². The highest BCUT2D eigenvalue weighted by Gasteiger charge is 2.33. The molecule has 1 atom stereocenters. The highest BCUT2D eigenvalue weighted by Crippen LogP contribution is 2.27. The van der Waals surface area contributed by atoms with Crippen molar-refractivity contribution in [2.75, 3.05) is 13.2 Å². The van der Waals surface area contributed by atoms with Crippen LogP contribution in [-0.4, -0.2) is 35.1 Å². The molecule has 0 amide bonds. The van der Waals surface area contributed by atoms with Crippen molar-refractivity contribution < 1.29 is 24.2 Å². The molecule has 1 aliphatic heterocycles. The van der Waals surface area contributed by atoms with Gasteiger partial charge >= 0.3 is 0 Å². The van der Waals surface area contributed by atoms with Gasteiger partial charge < -0.3 is 19.3 Å². The molecule has 1 aliphatic rings. The Morgan fingerprint density at radius 1 is 1.55 bits per heavy atom. The summed E-state index contributed by atoms with van der Waals surface area (Å²) in [7, 11) is 0. The first-order valence-electron chi connectivity index (χ1n) is 6.24. The molecule has 1 aromatic carbocycles. The minimum atomic E-state index is -0.642. The van der Waals surface area contributed by atoms with Gasteiger partial charge in [0.05, 0.1) is 24.2 Å². The smallest absolute Gasteiger partial charge is 0.273 e. The second kappa shape index (κ2) is 5.74. The van der Waals surface area contributed by atoms with E-state index < -0.39 is 10.7 Å². The average molecular weight is 283 g/mol. The molecular formula is C13H17NO6. The number of hydrogen-bond acceptors (Lipinski definition) is 6. The van der Waals surface area contributed by atoms with E-state index in [9.17, 15) is 15.2 Å². The number of aliphatic hydroxyl groups is 1. The van der Waals surface area contributed by atoms with Crippen LogP contribution in [0.5, 0.6) is 5.75 Å². The first-order valence-corrected chi connectivity index (χ1v) is 6.24. The molecule has 1 unspecified atom stereocenters. The molecule has 2 rings (SSSR count). The Hall–Kier alpha value is -1.70. The lowest BCUT2D eigenvalue weighted by Crippen LogP contribution is -2.25. The molecule has 110 valence electrons. The van der Waals surface area contributed by atoms with E-state index in [0.717, 1.165) is 0 Å². The lowest BCUT2D eigenvalue weighted by Gasteiger charge is -2.17. The molecule has 1 aromatic rings. The molecule has 7 nitrogen and oxygen atoms in total. The molecular weight excluding hydrogens is 266 g/mol. The van der Waals surface area contributed by atoms with E-state index in [1.165, 1.54) is 18.2 Å². The number of nitro benzene ring substituents is 1. The molecule has 1 N–H and O–H groups in total. The number of rotatable bonds is 5. The maximum absolute atomic E-state index is 10.7. The van der Waals surface area contributed by atoms with Gasteiger partial charge in [-0.25, -0.2) is 0 Å². The maximum Gasteiger partial charge on any atom is 0.273 e. The fourth-order valence-electron chi connectivity index (χ4n) is 1.95. The summed E-state index contributed by atoms with van der Waals surface area (Å²) >= 11 is 0. The number of non-ortho nitro benzene ring substituents is 1. The molecule has 0 radical (unpaired) electrons. The van der Waals surface area contributed by atoms with Crippen LogP contribution >= 0.6 is 0 Å². The van der Waals surface area contributed by atoms with Gasteiger partial charge in [0.1, 0.15) is 18.5 Å². The van der Waals surface area contributed by atoms with E-state index in [-0.39, 0.29) is 30.8 Å². The quantitative estimate of drug-likeness (QED) is 0.652. The first kappa shape index (κ1) is 14.7. The SMILES string of the molecule is CC1(C)OCC(COc2cc([N+](=O)[O-])ccc2CO)O1. The average Bonchev–Trinajstić information content (AvgIpc) is 2.75. The molecule has 0 aromatic heterocycles. The van der Waals surface area contributed by atoms with Crippen LogP contribution in [0.2, 0.25) is 0 Å². The van der Waals surface area contributed by atoms with Crippen LogP contribution in [0.4, 0.5) is 5.69 Å². The molecule has 0 aliphatic carbocycles. The van der Waals surface area contributed by atoms with Crippen molar-refractivity contribution in [3.63, 3.8) is 0 Å². The summed E-state index contributed by atoms with van der Waals surface area (Å²) in [6.07, 6.45) is -0.240. The summed E-state index contributed by atoms with van der Waals surface area (Å²) in [5.74, 6) is -0.355. The third kappa shape index (κ3) is 3.44.